The Balaban J connectivity index is 3.45. The van der Waals surface area contributed by atoms with Crippen molar-refractivity contribution in [2.24, 2.45) is 0 Å². The number of aldehydes is 1. The zero-order chi connectivity index (χ0) is 19.1. The second-order valence-electron chi connectivity index (χ2n) is 6.01. The number of unbranched alkanes of at least 4 members (excludes halogenated alkanes) is 4. The van der Waals surface area contributed by atoms with Gasteiger partial charge in [0, 0.05) is 19.4 Å². The number of aliphatic hydroxyl groups is 1. The van der Waals surface area contributed by atoms with Gasteiger partial charge in [-0.05, 0) is 51.4 Å². The van der Waals surface area contributed by atoms with Gasteiger partial charge in [0.25, 0.3) is 0 Å². The van der Waals surface area contributed by atoms with E-state index >= 15 is 0 Å². The molecule has 0 fully saturated rings. The molecule has 0 aliphatic heterocycles. The SMILES string of the molecule is O=CCCCC/C=C\C/C=C\C/C=C\C/C=C\CCCC(=O)NCCO. The molecule has 0 saturated carbocycles. The number of hydrogen-bond acceptors (Lipinski definition) is 3. The number of allylic oxidation sites excluding steroid dienone is 8. The average molecular weight is 362 g/mol. The molecular formula is C22H35NO3. The van der Waals surface area contributed by atoms with Gasteiger partial charge in [0.05, 0.1) is 6.61 Å². The second-order valence-corrected chi connectivity index (χ2v) is 6.01. The van der Waals surface area contributed by atoms with Crippen LogP contribution in [-0.2, 0) is 9.59 Å². The molecule has 0 aliphatic rings. The molecule has 1 amide bonds. The Morgan fingerprint density at radius 2 is 1.23 bits per heavy atom. The Morgan fingerprint density at radius 1 is 0.731 bits per heavy atom. The summed E-state index contributed by atoms with van der Waals surface area (Å²) in [5.41, 5.74) is 0. The van der Waals surface area contributed by atoms with Crippen LogP contribution in [0.1, 0.15) is 64.2 Å². The number of rotatable bonds is 17. The second kappa shape index (κ2) is 21.1. The highest BCUT2D eigenvalue weighted by atomic mass is 16.3. The third-order valence-corrected chi connectivity index (χ3v) is 3.63. The topological polar surface area (TPSA) is 66.4 Å². The predicted molar refractivity (Wildman–Crippen MR) is 109 cm³/mol. The average Bonchev–Trinajstić information content (AvgIpc) is 2.65. The summed E-state index contributed by atoms with van der Waals surface area (Å²) in [4.78, 5) is 21.5. The first-order valence-electron chi connectivity index (χ1n) is 9.72. The Hall–Kier alpha value is -1.94. The maximum absolute atomic E-state index is 11.3. The summed E-state index contributed by atoms with van der Waals surface area (Å²) >= 11 is 0. The van der Waals surface area contributed by atoms with Crippen LogP contribution in [0.15, 0.2) is 48.6 Å². The zero-order valence-electron chi connectivity index (χ0n) is 15.9. The van der Waals surface area contributed by atoms with Crippen LogP contribution in [0.5, 0.6) is 0 Å². The van der Waals surface area contributed by atoms with E-state index in [2.05, 4.69) is 53.9 Å². The summed E-state index contributed by atoms with van der Waals surface area (Å²) in [6.07, 6.45) is 27.1. The highest BCUT2D eigenvalue weighted by molar-refractivity contribution is 5.75. The summed E-state index contributed by atoms with van der Waals surface area (Å²) in [7, 11) is 0. The highest BCUT2D eigenvalue weighted by Crippen LogP contribution is 2.01. The van der Waals surface area contributed by atoms with Gasteiger partial charge in [-0.2, -0.15) is 0 Å². The molecule has 4 heteroatoms. The van der Waals surface area contributed by atoms with Gasteiger partial charge in [0.1, 0.15) is 6.29 Å². The lowest BCUT2D eigenvalue weighted by atomic mass is 10.2. The Bertz CT molecular complexity index is 450. The maximum atomic E-state index is 11.3. The van der Waals surface area contributed by atoms with Crippen molar-refractivity contribution in [3.05, 3.63) is 48.6 Å². The molecule has 0 radical (unpaired) electrons. The summed E-state index contributed by atoms with van der Waals surface area (Å²) < 4.78 is 0. The van der Waals surface area contributed by atoms with Crippen LogP contribution in [0.3, 0.4) is 0 Å². The first kappa shape index (κ1) is 24.1. The number of amides is 1. The molecule has 0 bridgehead atoms. The molecule has 0 saturated heterocycles. The van der Waals surface area contributed by atoms with Crippen molar-refractivity contribution in [1.29, 1.82) is 0 Å². The normalized spacial score (nSPS) is 12.0. The molecule has 0 aromatic rings. The van der Waals surface area contributed by atoms with Gasteiger partial charge in [0.15, 0.2) is 0 Å². The molecule has 4 nitrogen and oxygen atoms in total. The zero-order valence-corrected chi connectivity index (χ0v) is 15.9. The molecule has 0 heterocycles. The van der Waals surface area contributed by atoms with Gasteiger partial charge >= 0.3 is 0 Å². The summed E-state index contributed by atoms with van der Waals surface area (Å²) in [5, 5.41) is 11.2. The molecule has 0 atom stereocenters. The van der Waals surface area contributed by atoms with E-state index in [1.807, 2.05) is 0 Å². The van der Waals surface area contributed by atoms with Gasteiger partial charge in [-0.15, -0.1) is 0 Å². The Labute approximate surface area is 158 Å². The van der Waals surface area contributed by atoms with Crippen molar-refractivity contribution >= 4 is 12.2 Å². The van der Waals surface area contributed by atoms with Crippen LogP contribution >= 0.6 is 0 Å². The van der Waals surface area contributed by atoms with Crippen molar-refractivity contribution in [2.45, 2.75) is 64.2 Å². The number of aliphatic hydroxyl groups excluding tert-OH is 1. The van der Waals surface area contributed by atoms with E-state index < -0.39 is 0 Å². The monoisotopic (exact) mass is 361 g/mol. The third kappa shape index (κ3) is 20.1. The van der Waals surface area contributed by atoms with Crippen molar-refractivity contribution in [1.82, 2.24) is 5.32 Å². The minimum Gasteiger partial charge on any atom is -0.395 e. The third-order valence-electron chi connectivity index (χ3n) is 3.63. The van der Waals surface area contributed by atoms with Gasteiger partial charge < -0.3 is 15.2 Å². The number of carbonyl (C=O) groups excluding carboxylic acids is 2. The molecule has 2 N–H and O–H groups in total. The molecular weight excluding hydrogens is 326 g/mol. The van der Waals surface area contributed by atoms with Gasteiger partial charge in [0.2, 0.25) is 5.91 Å². The number of nitrogens with one attached hydrogen (secondary N) is 1. The molecule has 0 rings (SSSR count). The van der Waals surface area contributed by atoms with E-state index in [0.717, 1.165) is 57.7 Å². The predicted octanol–water partition coefficient (Wildman–Crippen LogP) is 4.42. The van der Waals surface area contributed by atoms with Crippen LogP contribution < -0.4 is 5.32 Å². The van der Waals surface area contributed by atoms with Gasteiger partial charge in [-0.3, -0.25) is 4.79 Å². The Morgan fingerprint density at radius 3 is 1.77 bits per heavy atom. The first-order chi connectivity index (χ1) is 12.8. The van der Waals surface area contributed by atoms with Crippen molar-refractivity contribution in [3.8, 4) is 0 Å². The van der Waals surface area contributed by atoms with E-state index in [4.69, 9.17) is 5.11 Å². The maximum Gasteiger partial charge on any atom is 0.220 e. The van der Waals surface area contributed by atoms with Crippen LogP contribution in [0.4, 0.5) is 0 Å². The summed E-state index contributed by atoms with van der Waals surface area (Å²) in [6, 6.07) is 0. The van der Waals surface area contributed by atoms with Gasteiger partial charge in [-0.1, -0.05) is 48.6 Å². The molecule has 0 unspecified atom stereocenters. The molecule has 0 aromatic heterocycles. The van der Waals surface area contributed by atoms with Gasteiger partial charge in [-0.25, -0.2) is 0 Å². The fraction of sp³-hybridized carbons (Fsp3) is 0.545. The minimum absolute atomic E-state index is 0.00637. The van der Waals surface area contributed by atoms with E-state index in [1.54, 1.807) is 0 Å². The van der Waals surface area contributed by atoms with E-state index in [1.165, 1.54) is 0 Å². The fourth-order valence-electron chi connectivity index (χ4n) is 2.20. The van der Waals surface area contributed by atoms with Crippen molar-refractivity contribution in [2.75, 3.05) is 13.2 Å². The van der Waals surface area contributed by atoms with Crippen LogP contribution in [0.2, 0.25) is 0 Å². The number of carbonyl (C=O) groups is 2. The lowest BCUT2D eigenvalue weighted by Gasteiger charge is -2.00. The van der Waals surface area contributed by atoms with Crippen LogP contribution in [-0.4, -0.2) is 30.5 Å². The van der Waals surface area contributed by atoms with Crippen LogP contribution in [0, 0.1) is 0 Å². The molecule has 0 aliphatic carbocycles. The standard InChI is InChI=1S/C22H35NO3/c24-20-17-15-13-11-9-7-5-3-1-2-4-6-8-10-12-14-16-18-22(26)23-19-21-25/h1,3-4,6-7,9-10,12,20,25H,2,5,8,11,13-19,21H2,(H,23,26)/b3-1-,6-4-,9-7-,12-10-. The highest BCUT2D eigenvalue weighted by Gasteiger charge is 1.97. The van der Waals surface area contributed by atoms with Crippen molar-refractivity contribution in [3.63, 3.8) is 0 Å². The molecule has 26 heavy (non-hydrogen) atoms. The van der Waals surface area contributed by atoms with E-state index in [0.29, 0.717) is 19.4 Å². The van der Waals surface area contributed by atoms with Crippen LogP contribution in [0.25, 0.3) is 0 Å². The first-order valence-corrected chi connectivity index (χ1v) is 9.72. The van der Waals surface area contributed by atoms with E-state index in [9.17, 15) is 9.59 Å². The molecule has 0 spiro atoms. The summed E-state index contributed by atoms with van der Waals surface area (Å²) in [5.74, 6) is 0.00637. The summed E-state index contributed by atoms with van der Waals surface area (Å²) in [6.45, 7) is 0.333. The smallest absolute Gasteiger partial charge is 0.220 e. The minimum atomic E-state index is -0.00666. The number of hydrogen-bond donors (Lipinski definition) is 2. The fourth-order valence-corrected chi connectivity index (χ4v) is 2.20. The molecule has 0 aromatic carbocycles. The quantitative estimate of drug-likeness (QED) is 0.229. The Kier molecular flexibility index (Phi) is 19.5. The largest absolute Gasteiger partial charge is 0.395 e. The molecule has 146 valence electrons. The lowest BCUT2D eigenvalue weighted by molar-refractivity contribution is -0.121. The van der Waals surface area contributed by atoms with E-state index in [-0.39, 0.29) is 12.5 Å². The lowest BCUT2D eigenvalue weighted by Crippen LogP contribution is -2.25. The van der Waals surface area contributed by atoms with Crippen molar-refractivity contribution < 1.29 is 14.7 Å².